The third kappa shape index (κ3) is 4.44. The lowest BCUT2D eigenvalue weighted by Crippen LogP contribution is -2.55. The van der Waals surface area contributed by atoms with Gasteiger partial charge in [0, 0.05) is 13.1 Å². The first-order valence-corrected chi connectivity index (χ1v) is 8.22. The van der Waals surface area contributed by atoms with Crippen molar-refractivity contribution in [2.45, 2.75) is 45.5 Å². The zero-order chi connectivity index (χ0) is 16.4. The van der Waals surface area contributed by atoms with Gasteiger partial charge in [0.1, 0.15) is 11.9 Å². The van der Waals surface area contributed by atoms with Crippen LogP contribution in [0.2, 0.25) is 0 Å². The highest BCUT2D eigenvalue weighted by atomic mass is 35.5. The molecule has 1 saturated heterocycles. The van der Waals surface area contributed by atoms with Gasteiger partial charge in [0.15, 0.2) is 0 Å². The molecule has 1 aliphatic heterocycles. The quantitative estimate of drug-likeness (QED) is 0.843. The molecular formula is C17H26Cl2N4O2. The molecule has 0 aliphatic carbocycles. The fourth-order valence-electron chi connectivity index (χ4n) is 3.15. The Morgan fingerprint density at radius 2 is 2.16 bits per heavy atom. The van der Waals surface area contributed by atoms with Gasteiger partial charge in [0.2, 0.25) is 5.91 Å². The van der Waals surface area contributed by atoms with Crippen LogP contribution in [0, 0.1) is 0 Å². The molecule has 1 aliphatic rings. The van der Waals surface area contributed by atoms with Crippen LogP contribution in [0.25, 0.3) is 11.0 Å². The van der Waals surface area contributed by atoms with E-state index in [9.17, 15) is 4.79 Å². The standard InChI is InChI=1S/C17H24N4O2.2ClH/c1-4-21-14-8-6-5-7-13(14)20-16(21)11(2)19-17(22)15-12(3)23-10-9-18-15;;/h5-8,11-12,15,18H,4,9-10H2,1-3H3,(H,19,22);2*1H/t11?,12-,15+;;/m1../s1. The number of carbonyl (C=O) groups excluding carboxylic acids is 1. The van der Waals surface area contributed by atoms with E-state index >= 15 is 0 Å². The van der Waals surface area contributed by atoms with Gasteiger partial charge in [-0.1, -0.05) is 12.1 Å². The largest absolute Gasteiger partial charge is 0.375 e. The van der Waals surface area contributed by atoms with Gasteiger partial charge in [-0.25, -0.2) is 4.98 Å². The highest BCUT2D eigenvalue weighted by Gasteiger charge is 2.30. The van der Waals surface area contributed by atoms with E-state index in [0.717, 1.165) is 23.4 Å². The van der Waals surface area contributed by atoms with Crippen LogP contribution in [0.1, 0.15) is 32.6 Å². The molecule has 1 aromatic heterocycles. The second-order valence-electron chi connectivity index (χ2n) is 5.94. The molecule has 8 heteroatoms. The average molecular weight is 389 g/mol. The summed E-state index contributed by atoms with van der Waals surface area (Å²) in [6.45, 7) is 8.14. The summed E-state index contributed by atoms with van der Waals surface area (Å²) in [7, 11) is 0. The monoisotopic (exact) mass is 388 g/mol. The molecule has 1 fully saturated rings. The van der Waals surface area contributed by atoms with Crippen LogP contribution in [0.3, 0.4) is 0 Å². The van der Waals surface area contributed by atoms with Crippen LogP contribution in [0.15, 0.2) is 24.3 Å². The summed E-state index contributed by atoms with van der Waals surface area (Å²) >= 11 is 0. The summed E-state index contributed by atoms with van der Waals surface area (Å²) in [5.74, 6) is 0.839. The van der Waals surface area contributed by atoms with Crippen molar-refractivity contribution in [3.8, 4) is 0 Å². The third-order valence-corrected chi connectivity index (χ3v) is 4.35. The van der Waals surface area contributed by atoms with Crippen LogP contribution in [0.5, 0.6) is 0 Å². The zero-order valence-corrected chi connectivity index (χ0v) is 16.3. The van der Waals surface area contributed by atoms with Crippen LogP contribution >= 0.6 is 24.8 Å². The molecule has 25 heavy (non-hydrogen) atoms. The Morgan fingerprint density at radius 3 is 2.84 bits per heavy atom. The lowest BCUT2D eigenvalue weighted by Gasteiger charge is -2.30. The first-order chi connectivity index (χ1) is 11.1. The summed E-state index contributed by atoms with van der Waals surface area (Å²) in [6.07, 6.45) is -0.124. The van der Waals surface area contributed by atoms with Crippen LogP contribution in [0.4, 0.5) is 0 Å². The number of benzene rings is 1. The molecule has 1 amide bonds. The number of nitrogens with zero attached hydrogens (tertiary/aromatic N) is 2. The molecule has 0 saturated carbocycles. The van der Waals surface area contributed by atoms with Crippen LogP contribution in [-0.4, -0.2) is 40.8 Å². The van der Waals surface area contributed by atoms with Crippen molar-refractivity contribution in [3.63, 3.8) is 0 Å². The van der Waals surface area contributed by atoms with Gasteiger partial charge in [-0.2, -0.15) is 0 Å². The molecule has 6 nitrogen and oxygen atoms in total. The van der Waals surface area contributed by atoms with Gasteiger partial charge in [-0.15, -0.1) is 24.8 Å². The van der Waals surface area contributed by atoms with E-state index in [1.54, 1.807) is 0 Å². The number of morpholine rings is 1. The van der Waals surface area contributed by atoms with Gasteiger partial charge >= 0.3 is 0 Å². The van der Waals surface area contributed by atoms with E-state index in [2.05, 4.69) is 28.2 Å². The number of hydrogen-bond acceptors (Lipinski definition) is 4. The number of imidazole rings is 1. The molecule has 2 heterocycles. The number of amides is 1. The number of rotatable bonds is 4. The average Bonchev–Trinajstić information content (AvgIpc) is 2.93. The minimum absolute atomic E-state index is 0. The molecule has 3 rings (SSSR count). The normalized spacial score (nSPS) is 21.1. The molecule has 140 valence electrons. The Bertz CT molecular complexity index is 707. The van der Waals surface area contributed by atoms with Crippen molar-refractivity contribution in [2.75, 3.05) is 13.2 Å². The number of halogens is 2. The summed E-state index contributed by atoms with van der Waals surface area (Å²) in [5, 5.41) is 6.28. The molecule has 1 unspecified atom stereocenters. The van der Waals surface area contributed by atoms with Gasteiger partial charge in [0.05, 0.1) is 29.8 Å². The number of para-hydroxylation sites is 2. The number of nitrogens with one attached hydrogen (secondary N) is 2. The number of aryl methyl sites for hydroxylation is 1. The molecule has 0 radical (unpaired) electrons. The Labute approximate surface area is 160 Å². The second-order valence-corrected chi connectivity index (χ2v) is 5.94. The van der Waals surface area contributed by atoms with Crippen molar-refractivity contribution in [3.05, 3.63) is 30.1 Å². The maximum atomic E-state index is 12.5. The second kappa shape index (κ2) is 9.38. The predicted molar refractivity (Wildman–Crippen MR) is 104 cm³/mol. The van der Waals surface area contributed by atoms with Crippen LogP contribution < -0.4 is 10.6 Å². The lowest BCUT2D eigenvalue weighted by molar-refractivity contribution is -0.129. The number of ether oxygens (including phenoxy) is 1. The smallest absolute Gasteiger partial charge is 0.240 e. The third-order valence-electron chi connectivity index (χ3n) is 4.35. The maximum absolute atomic E-state index is 12.5. The SMILES string of the molecule is CCn1c(C(C)NC(=O)[C@H]2NCCO[C@@H]2C)nc2ccccc21.Cl.Cl. The Balaban J connectivity index is 0.00000156. The van der Waals surface area contributed by atoms with Gasteiger partial charge < -0.3 is 19.9 Å². The zero-order valence-electron chi connectivity index (χ0n) is 14.7. The van der Waals surface area contributed by atoms with E-state index in [1.807, 2.05) is 32.0 Å². The Kier molecular flexibility index (Phi) is 8.15. The van der Waals surface area contributed by atoms with Gasteiger partial charge in [-0.05, 0) is 32.9 Å². The molecule has 2 aromatic rings. The first kappa shape index (κ1) is 21.7. The van der Waals surface area contributed by atoms with E-state index in [-0.39, 0.29) is 48.9 Å². The molecular weight excluding hydrogens is 363 g/mol. The van der Waals surface area contributed by atoms with Crippen molar-refractivity contribution in [1.82, 2.24) is 20.2 Å². The van der Waals surface area contributed by atoms with Crippen molar-refractivity contribution >= 4 is 41.8 Å². The number of hydrogen-bond donors (Lipinski definition) is 2. The minimum atomic E-state index is -0.314. The predicted octanol–water partition coefficient (Wildman–Crippen LogP) is 2.45. The molecule has 3 atom stereocenters. The van der Waals surface area contributed by atoms with Crippen LogP contribution in [-0.2, 0) is 16.1 Å². The van der Waals surface area contributed by atoms with E-state index in [1.165, 1.54) is 0 Å². The summed E-state index contributed by atoms with van der Waals surface area (Å²) in [4.78, 5) is 17.2. The van der Waals surface area contributed by atoms with E-state index in [0.29, 0.717) is 13.2 Å². The summed E-state index contributed by atoms with van der Waals surface area (Å²) in [5.41, 5.74) is 2.05. The van der Waals surface area contributed by atoms with Gasteiger partial charge in [0.25, 0.3) is 0 Å². The minimum Gasteiger partial charge on any atom is -0.375 e. The summed E-state index contributed by atoms with van der Waals surface area (Å²) < 4.78 is 7.69. The first-order valence-electron chi connectivity index (χ1n) is 8.22. The van der Waals surface area contributed by atoms with E-state index in [4.69, 9.17) is 9.72 Å². The molecule has 1 aromatic carbocycles. The van der Waals surface area contributed by atoms with Crippen molar-refractivity contribution < 1.29 is 9.53 Å². The highest BCUT2D eigenvalue weighted by molar-refractivity contribution is 5.85. The Morgan fingerprint density at radius 1 is 1.44 bits per heavy atom. The Hall–Kier alpha value is -1.34. The topological polar surface area (TPSA) is 68.2 Å². The number of fused-ring (bicyclic) bond motifs is 1. The number of carbonyl (C=O) groups is 1. The highest BCUT2D eigenvalue weighted by Crippen LogP contribution is 2.21. The van der Waals surface area contributed by atoms with Gasteiger partial charge in [-0.3, -0.25) is 4.79 Å². The maximum Gasteiger partial charge on any atom is 0.240 e. The van der Waals surface area contributed by atoms with Crippen molar-refractivity contribution in [1.29, 1.82) is 0 Å². The molecule has 0 spiro atoms. The summed E-state index contributed by atoms with van der Waals surface area (Å²) in [6, 6.07) is 7.57. The van der Waals surface area contributed by atoms with Crippen molar-refractivity contribution in [2.24, 2.45) is 0 Å². The fraction of sp³-hybridized carbons (Fsp3) is 0.529. The van der Waals surface area contributed by atoms with E-state index < -0.39 is 0 Å². The number of aromatic nitrogens is 2. The lowest BCUT2D eigenvalue weighted by atomic mass is 10.1. The fourth-order valence-corrected chi connectivity index (χ4v) is 3.15. The molecule has 0 bridgehead atoms. The molecule has 2 N–H and O–H groups in total.